The molecule has 0 atom stereocenters. The summed E-state index contributed by atoms with van der Waals surface area (Å²) in [6, 6.07) is 6.15. The number of carbonyl (C=O) groups excluding carboxylic acids is 1. The lowest BCUT2D eigenvalue weighted by molar-refractivity contribution is -0.193. The number of aromatic nitrogens is 1. The number of thiophene rings is 1. The van der Waals surface area contributed by atoms with Gasteiger partial charge in [-0.3, -0.25) is 14.7 Å². The first-order valence-electron chi connectivity index (χ1n) is 10.8. The van der Waals surface area contributed by atoms with Gasteiger partial charge in [-0.1, -0.05) is 0 Å². The van der Waals surface area contributed by atoms with E-state index in [4.69, 9.17) is 24.5 Å². The Kier molecular flexibility index (Phi) is 10.6. The molecule has 9 nitrogen and oxygen atoms in total. The van der Waals surface area contributed by atoms with Gasteiger partial charge in [-0.15, -0.1) is 0 Å². The number of piperidine rings is 1. The fourth-order valence-corrected chi connectivity index (χ4v) is 4.17. The first-order valence-corrected chi connectivity index (χ1v) is 11.8. The molecule has 2 aromatic rings. The maximum absolute atomic E-state index is 12.2. The van der Waals surface area contributed by atoms with E-state index in [1.54, 1.807) is 11.3 Å². The van der Waals surface area contributed by atoms with Crippen molar-refractivity contribution in [3.05, 3.63) is 46.9 Å². The van der Waals surface area contributed by atoms with Crippen LogP contribution in [0.3, 0.4) is 0 Å². The van der Waals surface area contributed by atoms with Crippen molar-refractivity contribution in [1.29, 1.82) is 0 Å². The number of carboxylic acid groups (broad SMARTS) is 2. The van der Waals surface area contributed by atoms with Gasteiger partial charge < -0.3 is 19.8 Å². The van der Waals surface area contributed by atoms with E-state index >= 15 is 0 Å². The minimum Gasteiger partial charge on any atom is -0.475 e. The number of carboxylic acids is 2. The summed E-state index contributed by atoms with van der Waals surface area (Å²) in [5.41, 5.74) is 2.11. The van der Waals surface area contributed by atoms with Crippen molar-refractivity contribution in [2.75, 3.05) is 31.1 Å². The molecule has 2 aliphatic heterocycles. The first-order chi connectivity index (χ1) is 17.6. The number of rotatable bonds is 3. The molecule has 210 valence electrons. The zero-order valence-electron chi connectivity index (χ0n) is 19.5. The van der Waals surface area contributed by atoms with Crippen molar-refractivity contribution in [2.45, 2.75) is 37.3 Å². The van der Waals surface area contributed by atoms with Gasteiger partial charge in [-0.25, -0.2) is 9.59 Å². The van der Waals surface area contributed by atoms with Crippen LogP contribution in [0.25, 0.3) is 0 Å². The van der Waals surface area contributed by atoms with Crippen molar-refractivity contribution in [2.24, 2.45) is 0 Å². The van der Waals surface area contributed by atoms with Crippen LogP contribution >= 0.6 is 11.3 Å². The normalized spacial score (nSPS) is 17.6. The quantitative estimate of drug-likeness (QED) is 0.534. The molecular formula is C22H23F6N3O6S. The Labute approximate surface area is 216 Å². The number of anilines is 1. The minimum absolute atomic E-state index is 0.0678. The molecular weight excluding hydrogens is 548 g/mol. The molecule has 0 bridgehead atoms. The van der Waals surface area contributed by atoms with Crippen LogP contribution in [0.5, 0.6) is 0 Å². The standard InChI is InChI=1S/C18H21N3O2S.2C2HF3O2/c22-17-12-23-18(14-21(17)16-3-10-24-13-16)4-8-20(9-5-18)11-15-1-6-19-7-2-15;2*3-2(4,5)1(6)7/h1-3,6-7,10,13H,4-5,8-9,11-12,14H2;2*(H,6,7). The highest BCUT2D eigenvalue weighted by molar-refractivity contribution is 7.08. The predicted octanol–water partition coefficient (Wildman–Crippen LogP) is 3.81. The summed E-state index contributed by atoms with van der Waals surface area (Å²) in [7, 11) is 0. The molecule has 2 aromatic heterocycles. The molecule has 2 fully saturated rings. The van der Waals surface area contributed by atoms with Crippen LogP contribution in [0.4, 0.5) is 32.0 Å². The molecule has 0 aliphatic carbocycles. The molecule has 1 spiro atoms. The number of hydrogen-bond acceptors (Lipinski definition) is 7. The number of pyridine rings is 1. The molecule has 0 unspecified atom stereocenters. The highest BCUT2D eigenvalue weighted by Gasteiger charge is 2.43. The van der Waals surface area contributed by atoms with Crippen molar-refractivity contribution in [3.63, 3.8) is 0 Å². The third-order valence-corrected chi connectivity index (χ3v) is 6.15. The number of carbonyl (C=O) groups is 3. The Hall–Kier alpha value is -3.24. The number of likely N-dealkylation sites (tertiary alicyclic amines) is 1. The summed E-state index contributed by atoms with van der Waals surface area (Å²) < 4.78 is 69.5. The summed E-state index contributed by atoms with van der Waals surface area (Å²) in [4.78, 5) is 38.4. The van der Waals surface area contributed by atoms with E-state index in [0.29, 0.717) is 6.54 Å². The Bertz CT molecular complexity index is 1030. The van der Waals surface area contributed by atoms with Crippen LogP contribution < -0.4 is 4.90 Å². The van der Waals surface area contributed by atoms with Crippen molar-refractivity contribution >= 4 is 34.9 Å². The Morgan fingerprint density at radius 1 is 1.00 bits per heavy atom. The summed E-state index contributed by atoms with van der Waals surface area (Å²) >= 11 is 1.62. The number of nitrogens with zero attached hydrogens (tertiary/aromatic N) is 3. The molecule has 0 saturated carbocycles. The predicted molar refractivity (Wildman–Crippen MR) is 121 cm³/mol. The summed E-state index contributed by atoms with van der Waals surface area (Å²) in [5.74, 6) is -5.45. The van der Waals surface area contributed by atoms with E-state index in [2.05, 4.69) is 22.0 Å². The van der Waals surface area contributed by atoms with Crippen LogP contribution in [-0.2, 0) is 25.7 Å². The maximum atomic E-state index is 12.2. The molecule has 0 radical (unpaired) electrons. The van der Waals surface area contributed by atoms with Crippen LogP contribution in [0.1, 0.15) is 18.4 Å². The number of aliphatic carboxylic acids is 2. The number of alkyl halides is 6. The molecule has 4 rings (SSSR count). The van der Waals surface area contributed by atoms with E-state index in [9.17, 15) is 31.1 Å². The number of amides is 1. The van der Waals surface area contributed by atoms with Crippen molar-refractivity contribution in [1.82, 2.24) is 9.88 Å². The molecule has 2 aliphatic rings. The molecule has 2 saturated heterocycles. The van der Waals surface area contributed by atoms with Gasteiger partial charge >= 0.3 is 24.3 Å². The number of morpholine rings is 1. The van der Waals surface area contributed by atoms with Gasteiger partial charge in [0.15, 0.2) is 0 Å². The Balaban J connectivity index is 0.000000301. The Morgan fingerprint density at radius 2 is 1.53 bits per heavy atom. The van der Waals surface area contributed by atoms with Gasteiger partial charge in [0.25, 0.3) is 5.91 Å². The minimum atomic E-state index is -5.08. The summed E-state index contributed by atoms with van der Waals surface area (Å²) in [6.45, 7) is 3.81. The summed E-state index contributed by atoms with van der Waals surface area (Å²) in [6.07, 6.45) is -4.55. The van der Waals surface area contributed by atoms with Crippen LogP contribution in [0, 0.1) is 0 Å². The highest BCUT2D eigenvalue weighted by Crippen LogP contribution is 2.33. The van der Waals surface area contributed by atoms with Gasteiger partial charge in [0.2, 0.25) is 0 Å². The number of hydrogen-bond donors (Lipinski definition) is 2. The van der Waals surface area contributed by atoms with Crippen molar-refractivity contribution in [3.8, 4) is 0 Å². The molecule has 16 heteroatoms. The fraction of sp³-hybridized carbons (Fsp3) is 0.455. The fourth-order valence-electron chi connectivity index (χ4n) is 3.53. The van der Waals surface area contributed by atoms with Gasteiger partial charge in [0.05, 0.1) is 17.8 Å². The zero-order chi connectivity index (χ0) is 28.6. The smallest absolute Gasteiger partial charge is 0.475 e. The van der Waals surface area contributed by atoms with Crippen LogP contribution in [0.15, 0.2) is 41.4 Å². The largest absolute Gasteiger partial charge is 0.490 e. The third-order valence-electron chi connectivity index (χ3n) is 5.47. The van der Waals surface area contributed by atoms with Crippen LogP contribution in [0.2, 0.25) is 0 Å². The SMILES string of the molecule is O=C(O)C(F)(F)F.O=C(O)C(F)(F)F.O=C1COC2(CCN(Cc3ccncc3)CC2)CN1c1ccsc1. The molecule has 2 N–H and O–H groups in total. The molecule has 1 amide bonds. The van der Waals surface area contributed by atoms with E-state index in [0.717, 1.165) is 38.2 Å². The number of ether oxygens (including phenoxy) is 1. The topological polar surface area (TPSA) is 120 Å². The van der Waals surface area contributed by atoms with Gasteiger partial charge in [0, 0.05) is 37.4 Å². The van der Waals surface area contributed by atoms with E-state index in [1.807, 2.05) is 34.1 Å². The highest BCUT2D eigenvalue weighted by atomic mass is 32.1. The van der Waals surface area contributed by atoms with Crippen LogP contribution in [-0.4, -0.2) is 82.1 Å². The second-order valence-electron chi connectivity index (χ2n) is 8.17. The second-order valence-corrected chi connectivity index (χ2v) is 8.95. The second kappa shape index (κ2) is 13.0. The molecule has 4 heterocycles. The van der Waals surface area contributed by atoms with Gasteiger partial charge in [-0.2, -0.15) is 37.7 Å². The lowest BCUT2D eigenvalue weighted by Gasteiger charge is -2.46. The maximum Gasteiger partial charge on any atom is 0.490 e. The third kappa shape index (κ3) is 9.57. The molecule has 0 aromatic carbocycles. The average Bonchev–Trinajstić information content (AvgIpc) is 3.38. The lowest BCUT2D eigenvalue weighted by atomic mass is 9.89. The summed E-state index contributed by atoms with van der Waals surface area (Å²) in [5, 5.41) is 18.3. The van der Waals surface area contributed by atoms with Crippen molar-refractivity contribution < 1.29 is 55.7 Å². The first kappa shape index (κ1) is 31.0. The zero-order valence-corrected chi connectivity index (χ0v) is 20.4. The average molecular weight is 571 g/mol. The lowest BCUT2D eigenvalue weighted by Crippen LogP contribution is -2.58. The van der Waals surface area contributed by atoms with E-state index in [1.165, 1.54) is 5.56 Å². The monoisotopic (exact) mass is 571 g/mol. The number of halogens is 6. The van der Waals surface area contributed by atoms with E-state index < -0.39 is 24.3 Å². The van der Waals surface area contributed by atoms with Gasteiger partial charge in [0.1, 0.15) is 6.61 Å². The van der Waals surface area contributed by atoms with E-state index in [-0.39, 0.29) is 18.1 Å². The molecule has 38 heavy (non-hydrogen) atoms. The Morgan fingerprint density at radius 3 is 1.97 bits per heavy atom. The van der Waals surface area contributed by atoms with Gasteiger partial charge in [-0.05, 0) is 42.0 Å².